The predicted octanol–water partition coefficient (Wildman–Crippen LogP) is 8.13. The van der Waals surface area contributed by atoms with Gasteiger partial charge in [0, 0.05) is 0 Å². The van der Waals surface area contributed by atoms with Gasteiger partial charge in [0.25, 0.3) is 0 Å². The van der Waals surface area contributed by atoms with Crippen LogP contribution in [0.1, 0.15) is 22.3 Å². The second-order valence-electron chi connectivity index (χ2n) is 11.1. The molecule has 0 heterocycles. The smallest absolute Gasteiger partial charge is 0.119 e. The van der Waals surface area contributed by atoms with Gasteiger partial charge in [0.05, 0.1) is 18.6 Å². The van der Waals surface area contributed by atoms with Gasteiger partial charge in [-0.15, -0.1) is 0 Å². The lowest BCUT2D eigenvalue weighted by Crippen LogP contribution is -2.30. The number of aliphatic hydroxyl groups excluding tert-OH is 2. The van der Waals surface area contributed by atoms with Crippen LogP contribution in [-0.4, -0.2) is 36.6 Å². The summed E-state index contributed by atoms with van der Waals surface area (Å²) in [7, 11) is 0. The average molecular weight is 591 g/mol. The molecule has 222 valence electrons. The van der Waals surface area contributed by atoms with Crippen molar-refractivity contribution in [1.29, 1.82) is 0 Å². The second kappa shape index (κ2) is 12.4. The summed E-state index contributed by atoms with van der Waals surface area (Å²) < 4.78 is 11.6. The van der Waals surface area contributed by atoms with E-state index in [1.165, 1.54) is 33.4 Å². The van der Waals surface area contributed by atoms with Gasteiger partial charge in [0.15, 0.2) is 0 Å². The van der Waals surface area contributed by atoms with Crippen molar-refractivity contribution in [3.8, 4) is 44.9 Å². The largest absolute Gasteiger partial charge is 0.491 e. The van der Waals surface area contributed by atoms with Crippen molar-refractivity contribution in [1.82, 2.24) is 0 Å². The third-order valence-electron chi connectivity index (χ3n) is 8.63. The first kappa shape index (κ1) is 28.6. The van der Waals surface area contributed by atoms with Crippen LogP contribution in [0.25, 0.3) is 33.4 Å². The van der Waals surface area contributed by atoms with Gasteiger partial charge in [-0.05, 0) is 79.9 Å². The van der Waals surface area contributed by atoms with Gasteiger partial charge < -0.3 is 19.7 Å². The lowest BCUT2D eigenvalue weighted by Gasteiger charge is -2.37. The molecule has 1 aliphatic carbocycles. The highest BCUT2D eigenvalue weighted by atomic mass is 16.5. The molecule has 0 radical (unpaired) electrons. The molecule has 0 fully saturated rings. The number of aliphatic hydroxyl groups is 2. The van der Waals surface area contributed by atoms with Gasteiger partial charge in [-0.1, -0.05) is 121 Å². The minimum atomic E-state index is -0.700. The molecule has 4 nitrogen and oxygen atoms in total. The van der Waals surface area contributed by atoms with E-state index in [-0.39, 0.29) is 26.4 Å². The number of hydrogen-bond acceptors (Lipinski definition) is 4. The Bertz CT molecular complexity index is 1750. The van der Waals surface area contributed by atoms with E-state index in [2.05, 4.69) is 121 Å². The summed E-state index contributed by atoms with van der Waals surface area (Å²) in [5.41, 5.74) is 11.0. The Labute approximate surface area is 263 Å². The van der Waals surface area contributed by atoms with Crippen LogP contribution in [0.4, 0.5) is 0 Å². The molecule has 0 unspecified atom stereocenters. The van der Waals surface area contributed by atoms with Crippen molar-refractivity contribution < 1.29 is 19.7 Å². The Hall–Kier alpha value is -5.16. The highest BCUT2D eigenvalue weighted by Crippen LogP contribution is 2.61. The van der Waals surface area contributed by atoms with Crippen molar-refractivity contribution >= 4 is 0 Å². The third kappa shape index (κ3) is 4.98. The summed E-state index contributed by atoms with van der Waals surface area (Å²) in [6.45, 7) is 0.388. The van der Waals surface area contributed by atoms with Crippen molar-refractivity contribution in [2.24, 2.45) is 0 Å². The maximum atomic E-state index is 9.37. The van der Waals surface area contributed by atoms with Crippen LogP contribution in [0.5, 0.6) is 11.5 Å². The molecule has 0 saturated carbocycles. The summed E-state index contributed by atoms with van der Waals surface area (Å²) in [6, 6.07) is 51.1. The highest BCUT2D eigenvalue weighted by Gasteiger charge is 2.49. The lowest BCUT2D eigenvalue weighted by molar-refractivity contribution is 0.201. The average Bonchev–Trinajstić information content (AvgIpc) is 3.42. The molecule has 7 rings (SSSR count). The van der Waals surface area contributed by atoms with Gasteiger partial charge in [0.2, 0.25) is 0 Å². The SMILES string of the molecule is OCCOc1ccc(C2(c3ccc(OCCO)cc3)c3c(-c4ccccc4)cccc3-c3cccc(-c4ccccc4)c32)cc1. The lowest BCUT2D eigenvalue weighted by atomic mass is 9.64. The molecular formula is C41H34O4. The van der Waals surface area contributed by atoms with Crippen LogP contribution < -0.4 is 9.47 Å². The predicted molar refractivity (Wildman–Crippen MR) is 180 cm³/mol. The van der Waals surface area contributed by atoms with Crippen LogP contribution in [-0.2, 0) is 5.41 Å². The van der Waals surface area contributed by atoms with Gasteiger partial charge in [-0.3, -0.25) is 0 Å². The van der Waals surface area contributed by atoms with Crippen LogP contribution in [0.15, 0.2) is 146 Å². The van der Waals surface area contributed by atoms with Crippen molar-refractivity contribution in [3.05, 3.63) is 168 Å². The van der Waals surface area contributed by atoms with Gasteiger partial charge >= 0.3 is 0 Å². The summed E-state index contributed by atoms with van der Waals surface area (Å²) in [5, 5.41) is 18.7. The minimum Gasteiger partial charge on any atom is -0.491 e. The molecule has 0 aromatic heterocycles. The minimum absolute atomic E-state index is 0.0436. The summed E-state index contributed by atoms with van der Waals surface area (Å²) in [4.78, 5) is 0. The van der Waals surface area contributed by atoms with E-state index in [0.717, 1.165) is 22.3 Å². The van der Waals surface area contributed by atoms with Crippen LogP contribution in [0.3, 0.4) is 0 Å². The first-order valence-electron chi connectivity index (χ1n) is 15.3. The molecule has 6 aromatic carbocycles. The molecule has 2 N–H and O–H groups in total. The highest BCUT2D eigenvalue weighted by molar-refractivity contribution is 5.96. The number of fused-ring (bicyclic) bond motifs is 3. The molecule has 0 bridgehead atoms. The van der Waals surface area contributed by atoms with E-state index in [0.29, 0.717) is 11.5 Å². The number of ether oxygens (including phenoxy) is 2. The van der Waals surface area contributed by atoms with E-state index < -0.39 is 5.41 Å². The van der Waals surface area contributed by atoms with Gasteiger partial charge in [0.1, 0.15) is 24.7 Å². The Morgan fingerprint density at radius 2 is 0.778 bits per heavy atom. The zero-order valence-electron chi connectivity index (χ0n) is 24.9. The summed E-state index contributed by atoms with van der Waals surface area (Å²) >= 11 is 0. The first-order valence-corrected chi connectivity index (χ1v) is 15.3. The quantitative estimate of drug-likeness (QED) is 0.169. The number of rotatable bonds is 10. The monoisotopic (exact) mass is 590 g/mol. The molecule has 0 atom stereocenters. The van der Waals surface area contributed by atoms with E-state index in [9.17, 15) is 10.2 Å². The zero-order chi connectivity index (χ0) is 30.6. The normalized spacial score (nSPS) is 12.8. The zero-order valence-corrected chi connectivity index (χ0v) is 24.9. The van der Waals surface area contributed by atoms with Crippen LogP contribution >= 0.6 is 0 Å². The maximum absolute atomic E-state index is 9.37. The van der Waals surface area contributed by atoms with Crippen molar-refractivity contribution in [3.63, 3.8) is 0 Å². The van der Waals surface area contributed by atoms with E-state index in [1.807, 2.05) is 24.3 Å². The molecule has 0 aliphatic heterocycles. The Kier molecular flexibility index (Phi) is 7.91. The Morgan fingerprint density at radius 3 is 1.16 bits per heavy atom. The fraction of sp³-hybridized carbons (Fsp3) is 0.122. The Balaban J connectivity index is 1.60. The molecule has 4 heteroatoms. The fourth-order valence-corrected chi connectivity index (χ4v) is 6.88. The van der Waals surface area contributed by atoms with Gasteiger partial charge in [-0.2, -0.15) is 0 Å². The van der Waals surface area contributed by atoms with E-state index in [4.69, 9.17) is 9.47 Å². The summed E-state index contributed by atoms with van der Waals surface area (Å²) in [5.74, 6) is 1.42. The molecular weight excluding hydrogens is 556 g/mol. The van der Waals surface area contributed by atoms with E-state index >= 15 is 0 Å². The van der Waals surface area contributed by atoms with E-state index in [1.54, 1.807) is 0 Å². The second-order valence-corrected chi connectivity index (χ2v) is 11.1. The number of hydrogen-bond donors (Lipinski definition) is 2. The maximum Gasteiger partial charge on any atom is 0.119 e. The molecule has 1 aliphatic rings. The topological polar surface area (TPSA) is 58.9 Å². The number of benzene rings is 6. The first-order chi connectivity index (χ1) is 22.3. The van der Waals surface area contributed by atoms with Crippen molar-refractivity contribution in [2.45, 2.75) is 5.41 Å². The van der Waals surface area contributed by atoms with Crippen molar-refractivity contribution in [2.75, 3.05) is 26.4 Å². The Morgan fingerprint density at radius 1 is 0.400 bits per heavy atom. The van der Waals surface area contributed by atoms with Crippen LogP contribution in [0.2, 0.25) is 0 Å². The fourth-order valence-electron chi connectivity index (χ4n) is 6.88. The molecule has 0 saturated heterocycles. The molecule has 0 spiro atoms. The van der Waals surface area contributed by atoms with Crippen LogP contribution in [0, 0.1) is 0 Å². The standard InChI is InChI=1S/C41H34O4/c42-25-27-44-33-21-17-31(18-22-33)41(32-19-23-34(24-20-32)45-28-26-43)39-35(29-9-3-1-4-10-29)13-7-15-37(39)38-16-8-14-36(40(38)41)30-11-5-2-6-12-30/h1-24,42-43H,25-28H2. The molecule has 45 heavy (non-hydrogen) atoms. The van der Waals surface area contributed by atoms with Gasteiger partial charge in [-0.25, -0.2) is 0 Å². The molecule has 6 aromatic rings. The molecule has 0 amide bonds. The summed E-state index contributed by atoms with van der Waals surface area (Å²) in [6.07, 6.45) is 0. The third-order valence-corrected chi connectivity index (χ3v) is 8.63.